The molecule has 1 radical (unpaired) electrons. The maximum Gasteiger partial charge on any atom is 0.345 e. The predicted molar refractivity (Wildman–Crippen MR) is 249 cm³/mol. The number of esters is 2. The molecular formula is C44H48N9O10S3Y-. The summed E-state index contributed by atoms with van der Waals surface area (Å²) in [6, 6.07) is 7.90. The molecule has 0 saturated carbocycles. The van der Waals surface area contributed by atoms with Crippen molar-refractivity contribution in [3.63, 3.8) is 0 Å². The van der Waals surface area contributed by atoms with E-state index in [1.807, 2.05) is 31.2 Å². The summed E-state index contributed by atoms with van der Waals surface area (Å²) in [5, 5.41) is 2.80. The van der Waals surface area contributed by atoms with Crippen LogP contribution in [0.5, 0.6) is 0 Å². The van der Waals surface area contributed by atoms with Gasteiger partial charge in [-0.15, -0.1) is 22.4 Å². The third kappa shape index (κ3) is 13.1. The van der Waals surface area contributed by atoms with Crippen molar-refractivity contribution in [1.29, 1.82) is 0 Å². The van der Waals surface area contributed by atoms with E-state index >= 15 is 0 Å². The van der Waals surface area contributed by atoms with Crippen LogP contribution in [0.1, 0.15) is 70.7 Å². The van der Waals surface area contributed by atoms with Crippen LogP contribution >= 0.6 is 34.0 Å². The summed E-state index contributed by atoms with van der Waals surface area (Å²) in [5.41, 5.74) is 0.968. The van der Waals surface area contributed by atoms with Crippen LogP contribution in [0, 0.1) is 13.8 Å². The van der Waals surface area contributed by atoms with E-state index in [0.29, 0.717) is 26.3 Å². The standard InChI is InChI=1S/C20H22N4O3S.C14H17N3O4S.C10H9N2O3S.Y/c1-14-2-4-15(5-3-14)10-21-18(25)17-11-22-20-24(19(17)26)13-16(28-20)12-23-6-8-27-9-7-23;1-2-21-13(19)11-7-15-14-17(12(11)18)9-10(22-14)8-16-3-5-20-6-4-16;1-3-15-9(14)7-4-11-10-12(8(7)13)5-6(2)16-10;/h2-5,11,13H,6-10,12H2,1H3,(H,21,25);7,9H,2-6,8H2,1H3;4-5H,2-3H2,1H3;/q;;-1;. The zero-order chi connectivity index (χ0) is 46.7. The first-order chi connectivity index (χ1) is 31.9. The van der Waals surface area contributed by atoms with Gasteiger partial charge in [-0.1, -0.05) is 52.5 Å². The number of amides is 1. The number of thiazole rings is 3. The number of morpholine rings is 2. The van der Waals surface area contributed by atoms with E-state index in [1.165, 1.54) is 65.8 Å². The second kappa shape index (κ2) is 24.3. The Morgan fingerprint density at radius 2 is 1.07 bits per heavy atom. The molecule has 351 valence electrons. The Morgan fingerprint density at radius 1 is 0.657 bits per heavy atom. The Morgan fingerprint density at radius 3 is 1.54 bits per heavy atom. The number of fused-ring (bicyclic) bond motifs is 3. The van der Waals surface area contributed by atoms with Crippen LogP contribution in [0.4, 0.5) is 0 Å². The van der Waals surface area contributed by atoms with Crippen molar-refractivity contribution >= 4 is 66.7 Å². The summed E-state index contributed by atoms with van der Waals surface area (Å²) in [6.45, 7) is 17.9. The van der Waals surface area contributed by atoms with Crippen LogP contribution in [-0.4, -0.2) is 122 Å². The normalized spacial score (nSPS) is 14.1. The number of aryl methyl sites for hydroxylation is 1. The van der Waals surface area contributed by atoms with Crippen LogP contribution in [-0.2, 0) is 71.3 Å². The van der Waals surface area contributed by atoms with Crippen LogP contribution in [0.25, 0.3) is 14.9 Å². The number of ether oxygens (including phenoxy) is 4. The third-order valence-corrected chi connectivity index (χ3v) is 13.0. The topological polar surface area (TPSA) is 210 Å². The first-order valence-corrected chi connectivity index (χ1v) is 23.5. The molecule has 19 nitrogen and oxygen atoms in total. The molecule has 7 aromatic rings. The minimum absolute atomic E-state index is 0. The van der Waals surface area contributed by atoms with Gasteiger partial charge in [-0.05, 0) is 26.3 Å². The maximum absolute atomic E-state index is 12.8. The van der Waals surface area contributed by atoms with Crippen molar-refractivity contribution in [3.05, 3.63) is 142 Å². The molecule has 6 aromatic heterocycles. The molecule has 8 heterocycles. The van der Waals surface area contributed by atoms with Gasteiger partial charge < -0.3 is 28.7 Å². The molecule has 1 aromatic carbocycles. The summed E-state index contributed by atoms with van der Waals surface area (Å²) in [6.07, 6.45) is 9.01. The molecule has 2 aliphatic heterocycles. The Balaban J connectivity index is 0.000000171. The zero-order valence-electron chi connectivity index (χ0n) is 37.1. The molecule has 2 aliphatic rings. The fourth-order valence-corrected chi connectivity index (χ4v) is 9.43. The van der Waals surface area contributed by atoms with E-state index in [4.69, 9.17) is 18.9 Å². The summed E-state index contributed by atoms with van der Waals surface area (Å²) >= 11 is 4.22. The first-order valence-electron chi connectivity index (χ1n) is 21.0. The fourth-order valence-electron chi connectivity index (χ4n) is 6.73. The number of nitrogens with zero attached hydrogens (tertiary/aromatic N) is 8. The molecule has 0 spiro atoms. The molecule has 0 aliphatic carbocycles. The van der Waals surface area contributed by atoms with Crippen molar-refractivity contribution < 1.29 is 66.0 Å². The van der Waals surface area contributed by atoms with Gasteiger partial charge in [-0.25, -0.2) is 31.5 Å². The van der Waals surface area contributed by atoms with E-state index in [-0.39, 0.29) is 73.7 Å². The van der Waals surface area contributed by atoms with E-state index < -0.39 is 23.4 Å². The Bertz CT molecular complexity index is 3010. The van der Waals surface area contributed by atoms with E-state index in [0.717, 1.165) is 86.6 Å². The second-order valence-corrected chi connectivity index (χ2v) is 18.1. The number of carbonyl (C=O) groups is 3. The zero-order valence-corrected chi connectivity index (χ0v) is 42.4. The Hall–Kier alpha value is -5.04. The van der Waals surface area contributed by atoms with Gasteiger partial charge in [0.1, 0.15) is 16.7 Å². The van der Waals surface area contributed by atoms with Gasteiger partial charge in [0.2, 0.25) is 0 Å². The molecule has 23 heteroatoms. The third-order valence-electron chi connectivity index (χ3n) is 10.1. The van der Waals surface area contributed by atoms with Crippen molar-refractivity contribution in [2.45, 2.75) is 40.4 Å². The van der Waals surface area contributed by atoms with Crippen LogP contribution in [0.2, 0.25) is 0 Å². The maximum atomic E-state index is 12.8. The number of carbonyl (C=O) groups excluding carboxylic acids is 3. The second-order valence-electron chi connectivity index (χ2n) is 14.9. The van der Waals surface area contributed by atoms with Gasteiger partial charge in [0, 0.05) is 107 Å². The minimum atomic E-state index is -0.647. The van der Waals surface area contributed by atoms with Gasteiger partial charge in [-0.3, -0.25) is 37.8 Å². The van der Waals surface area contributed by atoms with E-state index in [9.17, 15) is 28.8 Å². The molecule has 67 heavy (non-hydrogen) atoms. The fraction of sp³-hybridized carbons (Fsp3) is 0.364. The molecule has 2 fully saturated rings. The summed E-state index contributed by atoms with van der Waals surface area (Å²) in [5.74, 6) is -1.69. The van der Waals surface area contributed by atoms with E-state index in [1.54, 1.807) is 32.4 Å². The molecule has 1 N–H and O–H groups in total. The molecule has 2 saturated heterocycles. The number of rotatable bonds is 11. The van der Waals surface area contributed by atoms with Crippen LogP contribution < -0.4 is 22.0 Å². The smallest absolute Gasteiger partial charge is 0.345 e. The molecule has 9 rings (SSSR count). The quantitative estimate of drug-likeness (QED) is 0.145. The van der Waals surface area contributed by atoms with Crippen LogP contribution in [0.15, 0.2) is 75.8 Å². The van der Waals surface area contributed by atoms with Gasteiger partial charge in [-0.2, -0.15) is 0 Å². The molecule has 0 unspecified atom stereocenters. The molecular weight excluding hydrogens is 1000 g/mol. The number of nitrogens with one attached hydrogen (secondary N) is 1. The minimum Gasteiger partial charge on any atom is -0.462 e. The van der Waals surface area contributed by atoms with Gasteiger partial charge in [0.25, 0.3) is 22.6 Å². The Labute approximate surface area is 421 Å². The van der Waals surface area contributed by atoms with Crippen molar-refractivity contribution in [3.8, 4) is 0 Å². The van der Waals surface area contributed by atoms with Crippen LogP contribution in [0.3, 0.4) is 0 Å². The van der Waals surface area contributed by atoms with Gasteiger partial charge in [0.15, 0.2) is 14.9 Å². The van der Waals surface area contributed by atoms with Crippen molar-refractivity contribution in [2.24, 2.45) is 0 Å². The van der Waals surface area contributed by atoms with Crippen molar-refractivity contribution in [1.82, 2.24) is 43.3 Å². The summed E-state index contributed by atoms with van der Waals surface area (Å²) in [7, 11) is 0. The van der Waals surface area contributed by atoms with E-state index in [2.05, 4.69) is 37.0 Å². The van der Waals surface area contributed by atoms with Gasteiger partial charge in [0.05, 0.1) is 52.0 Å². The van der Waals surface area contributed by atoms with Crippen molar-refractivity contribution in [2.75, 3.05) is 65.8 Å². The molecule has 1 amide bonds. The Kier molecular flexibility index (Phi) is 18.6. The summed E-state index contributed by atoms with van der Waals surface area (Å²) in [4.78, 5) is 94.2. The molecule has 0 bridgehead atoms. The largest absolute Gasteiger partial charge is 0.462 e. The van der Waals surface area contributed by atoms with Gasteiger partial charge >= 0.3 is 11.9 Å². The average Bonchev–Trinajstić information content (AvgIpc) is 4.04. The molecule has 0 atom stereocenters. The number of aromatic nitrogens is 6. The SMILES string of the molecule is CCOC(=O)c1cnc2sc(CN3CCOCC3)cn2c1=O.Cc1ccc(CNC(=O)c2cnc3sc(CN4CCOCC4)cn3c2=O)cc1.[CH2-]c1cn2c(=O)c(C(=O)OCC)cnc2s1.[Y]. The first kappa shape index (κ1) is 51.4. The monoisotopic (exact) mass is 1050 g/mol. The summed E-state index contributed by atoms with van der Waals surface area (Å²) < 4.78 is 24.5. The average molecular weight is 1050 g/mol. The predicted octanol–water partition coefficient (Wildman–Crippen LogP) is 3.70. The number of benzene rings is 1. The number of hydrogen-bond acceptors (Lipinski definition) is 18. The number of hydrogen-bond donors (Lipinski definition) is 1.